The fourth-order valence-corrected chi connectivity index (χ4v) is 5.78. The molecule has 0 saturated carbocycles. The summed E-state index contributed by atoms with van der Waals surface area (Å²) >= 11 is 0. The minimum absolute atomic E-state index is 0.104. The third-order valence-electron chi connectivity index (χ3n) is 7.82. The van der Waals surface area contributed by atoms with Gasteiger partial charge in [-0.25, -0.2) is 0 Å². The molecule has 0 bridgehead atoms. The summed E-state index contributed by atoms with van der Waals surface area (Å²) in [5, 5.41) is 92.7. The highest BCUT2D eigenvalue weighted by molar-refractivity contribution is 6.16. The lowest BCUT2D eigenvalue weighted by Gasteiger charge is -2.45. The lowest BCUT2D eigenvalue weighted by molar-refractivity contribution is -0.277. The number of aromatic hydroxyl groups is 1. The Hall–Kier alpha value is -2.69. The molecule has 0 spiro atoms. The summed E-state index contributed by atoms with van der Waals surface area (Å²) < 4.78 is 17.1. The van der Waals surface area contributed by atoms with Crippen molar-refractivity contribution in [2.45, 2.75) is 74.1 Å². The van der Waals surface area contributed by atoms with Gasteiger partial charge in [0.2, 0.25) is 12.1 Å². The lowest BCUT2D eigenvalue weighted by atomic mass is 9.71. The van der Waals surface area contributed by atoms with Crippen LogP contribution in [-0.2, 0) is 9.47 Å². The first kappa shape index (κ1) is 28.8. The number of ketones is 1. The zero-order chi connectivity index (χ0) is 29.0. The van der Waals surface area contributed by atoms with Gasteiger partial charge >= 0.3 is 0 Å². The van der Waals surface area contributed by atoms with Crippen LogP contribution < -0.4 is 4.74 Å². The zero-order valence-corrected chi connectivity index (χ0v) is 21.3. The van der Waals surface area contributed by atoms with E-state index in [0.717, 1.165) is 0 Å². The molecule has 2 saturated heterocycles. The van der Waals surface area contributed by atoms with Crippen LogP contribution in [-0.4, -0.2) is 126 Å². The molecule has 11 atom stereocenters. The molecule has 0 radical (unpaired) electrons. The van der Waals surface area contributed by atoms with E-state index >= 15 is 0 Å². The number of phenols is 1. The van der Waals surface area contributed by atoms with E-state index in [9.17, 15) is 50.8 Å². The van der Waals surface area contributed by atoms with E-state index in [-0.39, 0.29) is 33.8 Å². The van der Waals surface area contributed by atoms with Crippen LogP contribution in [0.2, 0.25) is 0 Å². The highest BCUT2D eigenvalue weighted by Gasteiger charge is 2.51. The van der Waals surface area contributed by atoms with Crippen LogP contribution in [0.25, 0.3) is 0 Å². The van der Waals surface area contributed by atoms with Crippen molar-refractivity contribution in [3.05, 3.63) is 58.1 Å². The predicted molar refractivity (Wildman–Crippen MR) is 133 cm³/mol. The normalized spacial score (nSPS) is 37.5. The van der Waals surface area contributed by atoms with Crippen molar-refractivity contribution >= 4 is 5.78 Å². The van der Waals surface area contributed by atoms with Gasteiger partial charge in [-0.15, -0.1) is 0 Å². The second-order valence-electron chi connectivity index (χ2n) is 10.4. The molecule has 3 aliphatic rings. The van der Waals surface area contributed by atoms with Crippen molar-refractivity contribution in [2.75, 3.05) is 13.2 Å². The Balaban J connectivity index is 1.63. The first-order valence-corrected chi connectivity index (χ1v) is 12.8. The summed E-state index contributed by atoms with van der Waals surface area (Å²) in [5.74, 6) is -2.21. The molecule has 0 aromatic heterocycles. The molecule has 5 rings (SSSR count). The number of aliphatic hydroxyl groups is 8. The van der Waals surface area contributed by atoms with Gasteiger partial charge in [0.1, 0.15) is 60.3 Å². The highest BCUT2D eigenvalue weighted by atomic mass is 16.7. The fourth-order valence-electron chi connectivity index (χ4n) is 5.78. The molecule has 2 aromatic carbocycles. The third kappa shape index (κ3) is 4.58. The van der Waals surface area contributed by atoms with E-state index in [1.807, 2.05) is 0 Å². The van der Waals surface area contributed by atoms with Crippen molar-refractivity contribution in [1.82, 2.24) is 0 Å². The molecule has 0 unspecified atom stereocenters. The van der Waals surface area contributed by atoms with Crippen LogP contribution in [0.3, 0.4) is 0 Å². The Morgan fingerprint density at radius 1 is 0.775 bits per heavy atom. The van der Waals surface area contributed by atoms with Gasteiger partial charge in [0.05, 0.1) is 30.4 Å². The van der Waals surface area contributed by atoms with Crippen molar-refractivity contribution in [2.24, 2.45) is 0 Å². The van der Waals surface area contributed by atoms with Gasteiger partial charge in [0.15, 0.2) is 0 Å². The topological polar surface area (TPSA) is 227 Å². The maximum atomic E-state index is 13.9. The van der Waals surface area contributed by atoms with Crippen LogP contribution in [0.4, 0.5) is 0 Å². The minimum Gasteiger partial charge on any atom is -0.507 e. The van der Waals surface area contributed by atoms with Crippen LogP contribution >= 0.6 is 0 Å². The van der Waals surface area contributed by atoms with Crippen molar-refractivity contribution in [3.8, 4) is 11.5 Å². The molecule has 0 amide bonds. The maximum Gasteiger partial charge on any atom is 0.229 e. The molecule has 2 fully saturated rings. The molecule has 218 valence electrons. The van der Waals surface area contributed by atoms with E-state index in [1.165, 1.54) is 18.2 Å². The van der Waals surface area contributed by atoms with Gasteiger partial charge in [-0.05, 0) is 35.7 Å². The summed E-state index contributed by atoms with van der Waals surface area (Å²) in [6.07, 6.45) is -15.5. The molecule has 2 aromatic rings. The summed E-state index contributed by atoms with van der Waals surface area (Å²) in [4.78, 5) is 13.9. The second-order valence-corrected chi connectivity index (χ2v) is 10.4. The lowest BCUT2D eigenvalue weighted by Crippen LogP contribution is -2.60. The Bertz CT molecular complexity index is 1260. The third-order valence-corrected chi connectivity index (χ3v) is 7.82. The number of aliphatic hydroxyl groups excluding tert-OH is 8. The van der Waals surface area contributed by atoms with Gasteiger partial charge in [0.25, 0.3) is 0 Å². The van der Waals surface area contributed by atoms with E-state index in [1.54, 1.807) is 19.1 Å². The van der Waals surface area contributed by atoms with Gasteiger partial charge in [0, 0.05) is 5.92 Å². The van der Waals surface area contributed by atoms with Gasteiger partial charge < -0.3 is 60.2 Å². The number of fused-ring (bicyclic) bond motifs is 2. The Morgan fingerprint density at radius 2 is 1.40 bits per heavy atom. The first-order chi connectivity index (χ1) is 19.0. The number of hydrogen-bond acceptors (Lipinski definition) is 13. The largest absolute Gasteiger partial charge is 0.507 e. The smallest absolute Gasteiger partial charge is 0.229 e. The quantitative estimate of drug-likeness (QED) is 0.182. The molecule has 9 N–H and O–H groups in total. The summed E-state index contributed by atoms with van der Waals surface area (Å²) in [7, 11) is 0. The predicted octanol–water partition coefficient (Wildman–Crippen LogP) is -2.60. The number of benzene rings is 2. The highest BCUT2D eigenvalue weighted by Crippen LogP contribution is 2.48. The average Bonchev–Trinajstić information content (AvgIpc) is 2.92. The van der Waals surface area contributed by atoms with Crippen LogP contribution in [0.1, 0.15) is 38.5 Å². The van der Waals surface area contributed by atoms with Crippen molar-refractivity contribution < 1.29 is 65.0 Å². The number of hydrogen-bond donors (Lipinski definition) is 9. The number of ether oxygens (including phenoxy) is 3. The van der Waals surface area contributed by atoms with Crippen molar-refractivity contribution in [1.29, 1.82) is 0 Å². The van der Waals surface area contributed by atoms with Crippen LogP contribution in [0.15, 0.2) is 30.3 Å². The molecular formula is C27H32O13. The van der Waals surface area contributed by atoms with Gasteiger partial charge in [-0.1, -0.05) is 18.2 Å². The molecule has 2 heterocycles. The molecule has 13 nitrogen and oxygen atoms in total. The number of rotatable bonds is 5. The van der Waals surface area contributed by atoms with Crippen LogP contribution in [0, 0.1) is 6.92 Å². The Kier molecular flexibility index (Phi) is 7.89. The molecule has 40 heavy (non-hydrogen) atoms. The molecule has 2 aliphatic heterocycles. The average molecular weight is 565 g/mol. The molecule has 13 heteroatoms. The molecular weight excluding hydrogens is 532 g/mol. The first-order valence-electron chi connectivity index (χ1n) is 12.8. The Morgan fingerprint density at radius 3 is 2.05 bits per heavy atom. The van der Waals surface area contributed by atoms with E-state index in [0.29, 0.717) is 5.56 Å². The SMILES string of the molecule is Cc1cc(O)c2c(c1)[C@H]([C@H]1O[C@@H](CO)[C@H](O)[C@@H](O)[C@@H]1O)c1cccc(O[C@H]3O[C@H](CO)[C@@H](O)[C@H](O)[C@H]3O)c1C2=O. The van der Waals surface area contributed by atoms with Gasteiger partial charge in [-0.3, -0.25) is 4.79 Å². The summed E-state index contributed by atoms with van der Waals surface area (Å²) in [6, 6.07) is 7.41. The monoisotopic (exact) mass is 564 g/mol. The van der Waals surface area contributed by atoms with E-state index in [4.69, 9.17) is 14.2 Å². The molecule has 1 aliphatic carbocycles. The van der Waals surface area contributed by atoms with Crippen molar-refractivity contribution in [3.63, 3.8) is 0 Å². The minimum atomic E-state index is -1.77. The fraction of sp³-hybridized carbons (Fsp3) is 0.519. The van der Waals surface area contributed by atoms with Gasteiger partial charge in [-0.2, -0.15) is 0 Å². The summed E-state index contributed by atoms with van der Waals surface area (Å²) in [5.41, 5.74) is 0.854. The number of carbonyl (C=O) groups is 1. The zero-order valence-electron chi connectivity index (χ0n) is 21.3. The number of aryl methyl sites for hydroxylation is 1. The van der Waals surface area contributed by atoms with E-state index < -0.39 is 86.1 Å². The maximum absolute atomic E-state index is 13.9. The summed E-state index contributed by atoms with van der Waals surface area (Å²) in [6.45, 7) is 0.311. The second kappa shape index (κ2) is 10.9. The number of phenolic OH excluding ortho intramolecular Hbond substituents is 1. The Labute approximate surface area is 228 Å². The standard InChI is InChI=1S/C27H32O13/c1-9-5-11-16(26-24(36)22(34)19(31)14(7-28)38-26)10-3-2-4-13(18(10)21(33)17(11)12(30)6-9)39-27-25(37)23(35)20(32)15(8-29)40-27/h2-6,14-16,19-20,22-32,34-37H,7-8H2,1H3/t14-,15+,16+,19-,20+,22+,23-,24-,25+,26+,27-/m0/s1. The number of carbonyl (C=O) groups excluding carboxylic acids is 1. The van der Waals surface area contributed by atoms with Crippen LogP contribution in [0.5, 0.6) is 11.5 Å². The van der Waals surface area contributed by atoms with E-state index in [2.05, 4.69) is 0 Å².